The van der Waals surface area contributed by atoms with E-state index >= 15 is 0 Å². The van der Waals surface area contributed by atoms with E-state index in [2.05, 4.69) is 20.4 Å². The first-order chi connectivity index (χ1) is 20.7. The van der Waals surface area contributed by atoms with Crippen molar-refractivity contribution in [3.05, 3.63) is 70.1 Å². The molecule has 4 aliphatic heterocycles. The molecule has 8 rings (SSSR count). The molecule has 0 bridgehead atoms. The lowest BCUT2D eigenvalue weighted by Crippen LogP contribution is -2.57. The number of aromatic nitrogens is 2. The number of hydrogen-bond donors (Lipinski definition) is 1. The zero-order valence-corrected chi connectivity index (χ0v) is 25.0. The minimum Gasteiger partial charge on any atom is -0.477 e. The number of halogens is 1. The van der Waals surface area contributed by atoms with Crippen molar-refractivity contribution in [2.45, 2.75) is 51.7 Å². The van der Waals surface area contributed by atoms with Crippen LogP contribution in [0.1, 0.15) is 46.4 Å². The third-order valence-corrected chi connectivity index (χ3v) is 10.4. The molecule has 2 aromatic carbocycles. The van der Waals surface area contributed by atoms with Crippen LogP contribution in [-0.2, 0) is 23.6 Å². The number of thiophene rings is 1. The number of para-hydroxylation sites is 1. The van der Waals surface area contributed by atoms with Gasteiger partial charge in [0.25, 0.3) is 5.79 Å². The number of benzene rings is 2. The Balaban J connectivity index is 0.969. The van der Waals surface area contributed by atoms with E-state index in [0.717, 1.165) is 79.6 Å². The quantitative estimate of drug-likeness (QED) is 0.301. The molecule has 224 valence electrons. The molecule has 3 saturated heterocycles. The lowest BCUT2D eigenvalue weighted by atomic mass is 9.78. The highest BCUT2D eigenvalue weighted by atomic mass is 32.1. The fourth-order valence-corrected chi connectivity index (χ4v) is 7.93. The smallest absolute Gasteiger partial charge is 0.346 e. The molecule has 0 aliphatic carbocycles. The van der Waals surface area contributed by atoms with E-state index in [0.29, 0.717) is 28.5 Å². The molecular weight excluding hydrogens is 571 g/mol. The van der Waals surface area contributed by atoms with E-state index in [1.807, 2.05) is 25.1 Å². The lowest BCUT2D eigenvalue weighted by Gasteiger charge is -2.49. The van der Waals surface area contributed by atoms with Gasteiger partial charge in [0, 0.05) is 38.6 Å². The summed E-state index contributed by atoms with van der Waals surface area (Å²) in [6.45, 7) is 9.56. The summed E-state index contributed by atoms with van der Waals surface area (Å²) in [6, 6.07) is 12.8. The van der Waals surface area contributed by atoms with Crippen LogP contribution in [0.5, 0.6) is 11.5 Å². The molecule has 2 atom stereocenters. The second-order valence-corrected chi connectivity index (χ2v) is 13.6. The Hall–Kier alpha value is -3.67. The van der Waals surface area contributed by atoms with Crippen molar-refractivity contribution in [2.24, 2.45) is 5.41 Å². The first-order valence-corrected chi connectivity index (χ1v) is 15.6. The second-order valence-electron chi connectivity index (χ2n) is 12.6. The Kier molecular flexibility index (Phi) is 6.05. The zero-order chi connectivity index (χ0) is 29.5. The standard InChI is InChI=1S/C32H33FN4O5S/c1-19-6-7-21(22(33)12-19)31(2)41-25-5-3-4-23(28(25)42-31)36-17-32(18-36)9-10-35(16-32)15-27-34-29-24(13-26(43-29)30(38)39)37(27)14-20-8-11-40-20/h3-7,12-13,20H,8-11,14-18H2,1-2H3,(H,38,39). The summed E-state index contributed by atoms with van der Waals surface area (Å²) in [5.74, 6) is -0.225. The van der Waals surface area contributed by atoms with Gasteiger partial charge in [-0.3, -0.25) is 4.90 Å². The maximum atomic E-state index is 14.9. The molecule has 9 nitrogen and oxygen atoms in total. The number of rotatable bonds is 7. The fourth-order valence-electron chi connectivity index (χ4n) is 7.04. The number of ether oxygens (including phenoxy) is 3. The molecule has 3 fully saturated rings. The number of carboxylic acids is 1. The summed E-state index contributed by atoms with van der Waals surface area (Å²) < 4.78 is 35.3. The van der Waals surface area contributed by atoms with E-state index in [1.54, 1.807) is 19.1 Å². The number of anilines is 1. The minimum absolute atomic E-state index is 0.151. The van der Waals surface area contributed by atoms with Crippen LogP contribution in [0.25, 0.3) is 10.3 Å². The molecule has 0 amide bonds. The predicted molar refractivity (Wildman–Crippen MR) is 160 cm³/mol. The molecule has 0 radical (unpaired) electrons. The molecule has 1 spiro atoms. The lowest BCUT2D eigenvalue weighted by molar-refractivity contribution is -0.0706. The van der Waals surface area contributed by atoms with Crippen LogP contribution < -0.4 is 14.4 Å². The normalized spacial score (nSPS) is 24.1. The Morgan fingerprint density at radius 2 is 2.02 bits per heavy atom. The molecule has 4 aromatic rings. The largest absolute Gasteiger partial charge is 0.477 e. The Labute approximate surface area is 252 Å². The van der Waals surface area contributed by atoms with E-state index < -0.39 is 11.8 Å². The highest BCUT2D eigenvalue weighted by Crippen LogP contribution is 2.53. The number of hydrogen-bond acceptors (Lipinski definition) is 8. The van der Waals surface area contributed by atoms with Gasteiger partial charge < -0.3 is 28.8 Å². The maximum absolute atomic E-state index is 14.9. The molecule has 43 heavy (non-hydrogen) atoms. The maximum Gasteiger partial charge on any atom is 0.346 e. The van der Waals surface area contributed by atoms with Gasteiger partial charge in [-0.25, -0.2) is 14.2 Å². The zero-order valence-electron chi connectivity index (χ0n) is 24.1. The highest BCUT2D eigenvalue weighted by molar-refractivity contribution is 7.20. The number of aryl methyl sites for hydroxylation is 1. The van der Waals surface area contributed by atoms with Crippen LogP contribution in [-0.4, -0.2) is 64.4 Å². The van der Waals surface area contributed by atoms with Gasteiger partial charge in [-0.15, -0.1) is 11.3 Å². The van der Waals surface area contributed by atoms with Crippen LogP contribution in [0.4, 0.5) is 10.1 Å². The topological polar surface area (TPSA) is 89.3 Å². The number of carboxylic acid groups (broad SMARTS) is 1. The number of carbonyl (C=O) groups is 1. The number of nitrogens with zero attached hydrogens (tertiary/aromatic N) is 4. The van der Waals surface area contributed by atoms with Crippen molar-refractivity contribution >= 4 is 33.3 Å². The molecule has 2 aromatic heterocycles. The van der Waals surface area contributed by atoms with Gasteiger partial charge in [-0.05, 0) is 62.2 Å². The molecule has 0 saturated carbocycles. The SMILES string of the molecule is Cc1ccc(C2(C)Oc3cccc(N4CC5(CCN(Cc6nc7sc(C(=O)O)cc7n6CC6CCO6)C5)C4)c3O2)c(F)c1. The Morgan fingerprint density at radius 1 is 1.19 bits per heavy atom. The van der Waals surface area contributed by atoms with Gasteiger partial charge in [0.05, 0.1) is 36.0 Å². The van der Waals surface area contributed by atoms with E-state index in [9.17, 15) is 14.3 Å². The number of imidazole rings is 1. The molecule has 1 N–H and O–H groups in total. The Morgan fingerprint density at radius 3 is 2.77 bits per heavy atom. The monoisotopic (exact) mass is 604 g/mol. The van der Waals surface area contributed by atoms with Crippen LogP contribution >= 0.6 is 11.3 Å². The van der Waals surface area contributed by atoms with Crippen LogP contribution in [0.3, 0.4) is 0 Å². The molecule has 11 heteroatoms. The summed E-state index contributed by atoms with van der Waals surface area (Å²) in [5, 5.41) is 9.48. The summed E-state index contributed by atoms with van der Waals surface area (Å²) in [4.78, 5) is 22.3. The number of fused-ring (bicyclic) bond motifs is 2. The number of likely N-dealkylation sites (tertiary alicyclic amines) is 1. The van der Waals surface area contributed by atoms with Gasteiger partial charge in [-0.2, -0.15) is 0 Å². The molecule has 6 heterocycles. The van der Waals surface area contributed by atoms with Crippen molar-refractivity contribution in [2.75, 3.05) is 37.7 Å². The average molecular weight is 605 g/mol. The first-order valence-electron chi connectivity index (χ1n) is 14.8. The number of aromatic carboxylic acids is 1. The second kappa shape index (κ2) is 9.67. The highest BCUT2D eigenvalue weighted by Gasteiger charge is 2.50. The predicted octanol–water partition coefficient (Wildman–Crippen LogP) is 5.39. The average Bonchev–Trinajstić information content (AvgIpc) is 3.67. The molecule has 2 unspecified atom stereocenters. The van der Waals surface area contributed by atoms with Crippen molar-refractivity contribution in [1.82, 2.24) is 14.5 Å². The van der Waals surface area contributed by atoms with Crippen molar-refractivity contribution in [3.8, 4) is 11.5 Å². The van der Waals surface area contributed by atoms with Crippen LogP contribution in [0.2, 0.25) is 0 Å². The van der Waals surface area contributed by atoms with Gasteiger partial charge in [0.15, 0.2) is 11.5 Å². The van der Waals surface area contributed by atoms with E-state index in [4.69, 9.17) is 19.2 Å². The molecular formula is C32H33FN4O5S. The van der Waals surface area contributed by atoms with E-state index in [-0.39, 0.29) is 17.3 Å². The summed E-state index contributed by atoms with van der Waals surface area (Å²) in [5.41, 5.74) is 3.27. The summed E-state index contributed by atoms with van der Waals surface area (Å²) >= 11 is 1.23. The van der Waals surface area contributed by atoms with Crippen LogP contribution in [0, 0.1) is 18.2 Å². The first kappa shape index (κ1) is 26.9. The van der Waals surface area contributed by atoms with Gasteiger partial charge in [0.1, 0.15) is 21.3 Å². The van der Waals surface area contributed by atoms with E-state index in [1.165, 1.54) is 17.4 Å². The third kappa shape index (κ3) is 4.47. The minimum atomic E-state index is -1.23. The van der Waals surface area contributed by atoms with Gasteiger partial charge in [-0.1, -0.05) is 12.1 Å². The summed E-state index contributed by atoms with van der Waals surface area (Å²) in [6.07, 6.45) is 2.25. The third-order valence-electron chi connectivity index (χ3n) is 9.37. The van der Waals surface area contributed by atoms with Crippen molar-refractivity contribution in [1.29, 1.82) is 0 Å². The van der Waals surface area contributed by atoms with Crippen molar-refractivity contribution in [3.63, 3.8) is 0 Å². The molecule has 4 aliphatic rings. The van der Waals surface area contributed by atoms with Crippen molar-refractivity contribution < 1.29 is 28.5 Å². The Bertz CT molecular complexity index is 1760. The van der Waals surface area contributed by atoms with Crippen LogP contribution in [0.15, 0.2) is 42.5 Å². The van der Waals surface area contributed by atoms with Gasteiger partial charge >= 0.3 is 5.97 Å². The summed E-state index contributed by atoms with van der Waals surface area (Å²) in [7, 11) is 0. The fraction of sp³-hybridized carbons (Fsp3) is 0.438. The van der Waals surface area contributed by atoms with Gasteiger partial charge in [0.2, 0.25) is 0 Å².